The van der Waals surface area contributed by atoms with E-state index >= 15 is 0 Å². The molecule has 0 aliphatic rings. The Morgan fingerprint density at radius 2 is 1.62 bits per heavy atom. The van der Waals surface area contributed by atoms with E-state index in [4.69, 9.17) is 21.1 Å². The van der Waals surface area contributed by atoms with Crippen molar-refractivity contribution in [3.8, 4) is 11.5 Å². The molecule has 0 aromatic heterocycles. The molecule has 138 valence electrons. The summed E-state index contributed by atoms with van der Waals surface area (Å²) < 4.78 is 10.9. The van der Waals surface area contributed by atoms with Gasteiger partial charge in [-0.05, 0) is 55.8 Å². The third-order valence-corrected chi connectivity index (χ3v) is 3.67. The third kappa shape index (κ3) is 6.29. The molecule has 6 nitrogen and oxygen atoms in total. The van der Waals surface area contributed by atoms with Gasteiger partial charge in [-0.3, -0.25) is 20.4 Å². The van der Waals surface area contributed by atoms with Crippen LogP contribution in [0.3, 0.4) is 0 Å². The summed E-state index contributed by atoms with van der Waals surface area (Å²) in [6.07, 6.45) is -0.644. The number of hydrazine groups is 1. The van der Waals surface area contributed by atoms with Crippen LogP contribution in [0.15, 0.2) is 48.5 Å². The molecule has 0 aliphatic carbocycles. The van der Waals surface area contributed by atoms with Gasteiger partial charge < -0.3 is 9.47 Å². The van der Waals surface area contributed by atoms with Crippen molar-refractivity contribution in [2.75, 3.05) is 6.61 Å². The van der Waals surface area contributed by atoms with Gasteiger partial charge in [-0.15, -0.1) is 0 Å². The van der Waals surface area contributed by atoms with Crippen molar-refractivity contribution in [2.45, 2.75) is 26.4 Å². The quantitative estimate of drug-likeness (QED) is 0.728. The normalized spacial score (nSPS) is 11.3. The van der Waals surface area contributed by atoms with Crippen LogP contribution in [0, 0.1) is 0 Å². The van der Waals surface area contributed by atoms with Crippen LogP contribution in [-0.4, -0.2) is 24.5 Å². The fourth-order valence-electron chi connectivity index (χ4n) is 2.10. The molecule has 2 rings (SSSR count). The number of hydrogen-bond acceptors (Lipinski definition) is 4. The summed E-state index contributed by atoms with van der Waals surface area (Å²) in [5.41, 5.74) is 5.51. The van der Waals surface area contributed by atoms with Crippen LogP contribution in [-0.2, 0) is 16.0 Å². The number of halogens is 1. The van der Waals surface area contributed by atoms with E-state index in [1.54, 1.807) is 55.5 Å². The van der Waals surface area contributed by atoms with Gasteiger partial charge in [0.25, 0.3) is 5.91 Å². The summed E-state index contributed by atoms with van der Waals surface area (Å²) in [6, 6.07) is 13.9. The monoisotopic (exact) mass is 376 g/mol. The van der Waals surface area contributed by atoms with Crippen LogP contribution in [0.2, 0.25) is 5.02 Å². The van der Waals surface area contributed by atoms with Gasteiger partial charge in [-0.25, -0.2) is 0 Å². The maximum atomic E-state index is 12.0. The molecule has 0 bridgehead atoms. The average molecular weight is 377 g/mol. The minimum absolute atomic E-state index is 0.131. The Morgan fingerprint density at radius 1 is 1.00 bits per heavy atom. The van der Waals surface area contributed by atoms with E-state index in [1.165, 1.54) is 0 Å². The van der Waals surface area contributed by atoms with Crippen LogP contribution >= 0.6 is 11.6 Å². The molecule has 0 saturated heterocycles. The fourth-order valence-corrected chi connectivity index (χ4v) is 2.23. The lowest BCUT2D eigenvalue weighted by Gasteiger charge is -2.15. The number of amides is 2. The van der Waals surface area contributed by atoms with E-state index in [9.17, 15) is 9.59 Å². The fraction of sp³-hybridized carbons (Fsp3) is 0.263. The van der Waals surface area contributed by atoms with E-state index < -0.39 is 12.0 Å². The Labute approximate surface area is 157 Å². The van der Waals surface area contributed by atoms with E-state index in [0.717, 1.165) is 11.3 Å². The number of benzene rings is 2. The Morgan fingerprint density at radius 3 is 2.23 bits per heavy atom. The second kappa shape index (κ2) is 9.68. The lowest BCUT2D eigenvalue weighted by atomic mass is 10.1. The van der Waals surface area contributed by atoms with Gasteiger partial charge in [-0.2, -0.15) is 0 Å². The number of carbonyl (C=O) groups excluding carboxylic acids is 2. The Kier molecular flexibility index (Phi) is 7.29. The maximum Gasteiger partial charge on any atom is 0.279 e. The molecule has 2 aromatic carbocycles. The summed E-state index contributed by atoms with van der Waals surface area (Å²) in [7, 11) is 0. The summed E-state index contributed by atoms with van der Waals surface area (Å²) >= 11 is 5.80. The Bertz CT molecular complexity index is 732. The van der Waals surface area contributed by atoms with Crippen molar-refractivity contribution in [1.29, 1.82) is 0 Å². The second-order valence-electron chi connectivity index (χ2n) is 5.51. The van der Waals surface area contributed by atoms with Crippen LogP contribution < -0.4 is 20.3 Å². The van der Waals surface area contributed by atoms with Gasteiger partial charge in [0.1, 0.15) is 11.5 Å². The lowest BCUT2D eigenvalue weighted by molar-refractivity contribution is -0.132. The SMILES string of the molecule is CCOc1ccc(O[C@H](C)C(=O)NNC(=O)Cc2ccc(Cl)cc2)cc1. The average Bonchev–Trinajstić information content (AvgIpc) is 2.63. The van der Waals surface area contributed by atoms with Crippen molar-refractivity contribution in [2.24, 2.45) is 0 Å². The van der Waals surface area contributed by atoms with Gasteiger partial charge in [0.15, 0.2) is 6.10 Å². The van der Waals surface area contributed by atoms with Crippen LogP contribution in [0.1, 0.15) is 19.4 Å². The standard InChI is InChI=1S/C19H21ClN2O4/c1-3-25-16-8-10-17(11-9-16)26-13(2)19(24)22-21-18(23)12-14-4-6-15(20)7-5-14/h4-11,13H,3,12H2,1-2H3,(H,21,23)(H,22,24)/t13-/m1/s1. The predicted octanol–water partition coefficient (Wildman–Crippen LogP) is 2.90. The molecule has 1 atom stereocenters. The van der Waals surface area contributed by atoms with Crippen molar-refractivity contribution < 1.29 is 19.1 Å². The van der Waals surface area contributed by atoms with Crippen LogP contribution in [0.25, 0.3) is 0 Å². The molecule has 26 heavy (non-hydrogen) atoms. The highest BCUT2D eigenvalue weighted by atomic mass is 35.5. The minimum Gasteiger partial charge on any atom is -0.494 e. The zero-order chi connectivity index (χ0) is 18.9. The molecule has 2 N–H and O–H groups in total. The number of nitrogens with one attached hydrogen (secondary N) is 2. The lowest BCUT2D eigenvalue weighted by Crippen LogP contribution is -2.47. The molecule has 0 saturated carbocycles. The summed E-state index contributed by atoms with van der Waals surface area (Å²) in [4.78, 5) is 23.9. The highest BCUT2D eigenvalue weighted by Gasteiger charge is 2.15. The number of hydrogen-bond donors (Lipinski definition) is 2. The van der Waals surface area contributed by atoms with Crippen molar-refractivity contribution in [3.63, 3.8) is 0 Å². The molecule has 0 spiro atoms. The van der Waals surface area contributed by atoms with E-state index in [-0.39, 0.29) is 12.3 Å². The predicted molar refractivity (Wildman–Crippen MR) is 99.1 cm³/mol. The van der Waals surface area contributed by atoms with Gasteiger partial charge >= 0.3 is 0 Å². The van der Waals surface area contributed by atoms with Gasteiger partial charge in [0.2, 0.25) is 5.91 Å². The first-order valence-electron chi connectivity index (χ1n) is 8.20. The minimum atomic E-state index is -0.774. The van der Waals surface area contributed by atoms with E-state index in [2.05, 4.69) is 10.9 Å². The largest absolute Gasteiger partial charge is 0.494 e. The zero-order valence-corrected chi connectivity index (χ0v) is 15.4. The smallest absolute Gasteiger partial charge is 0.279 e. The van der Waals surface area contributed by atoms with Gasteiger partial charge in [-0.1, -0.05) is 23.7 Å². The number of ether oxygens (including phenoxy) is 2. The molecule has 0 heterocycles. The topological polar surface area (TPSA) is 76.7 Å². The first-order valence-corrected chi connectivity index (χ1v) is 8.58. The molecule has 0 fully saturated rings. The molecule has 7 heteroatoms. The van der Waals surface area contributed by atoms with Gasteiger partial charge in [0, 0.05) is 5.02 Å². The first kappa shape index (κ1) is 19.6. The van der Waals surface area contributed by atoms with Crippen molar-refractivity contribution >= 4 is 23.4 Å². The Hall–Kier alpha value is -2.73. The second-order valence-corrected chi connectivity index (χ2v) is 5.94. The summed E-state index contributed by atoms with van der Waals surface area (Å²) in [5, 5.41) is 0.600. The van der Waals surface area contributed by atoms with E-state index in [0.29, 0.717) is 17.4 Å². The van der Waals surface area contributed by atoms with Crippen LogP contribution in [0.4, 0.5) is 0 Å². The highest BCUT2D eigenvalue weighted by Crippen LogP contribution is 2.18. The van der Waals surface area contributed by atoms with Crippen LogP contribution in [0.5, 0.6) is 11.5 Å². The molecule has 2 amide bonds. The van der Waals surface area contributed by atoms with Crippen molar-refractivity contribution in [3.05, 3.63) is 59.1 Å². The molecular formula is C19H21ClN2O4. The maximum absolute atomic E-state index is 12.0. The van der Waals surface area contributed by atoms with Crippen molar-refractivity contribution in [1.82, 2.24) is 10.9 Å². The highest BCUT2D eigenvalue weighted by molar-refractivity contribution is 6.30. The third-order valence-electron chi connectivity index (χ3n) is 3.42. The van der Waals surface area contributed by atoms with E-state index in [1.807, 2.05) is 6.92 Å². The summed E-state index contributed by atoms with van der Waals surface area (Å²) in [5.74, 6) is 0.465. The molecular weight excluding hydrogens is 356 g/mol. The van der Waals surface area contributed by atoms with Gasteiger partial charge in [0.05, 0.1) is 13.0 Å². The first-order chi connectivity index (χ1) is 12.5. The number of carbonyl (C=O) groups is 2. The summed E-state index contributed by atoms with van der Waals surface area (Å²) in [6.45, 7) is 4.07. The molecule has 0 radical (unpaired) electrons. The molecule has 2 aromatic rings. The zero-order valence-electron chi connectivity index (χ0n) is 14.6. The molecule has 0 unspecified atom stereocenters. The molecule has 0 aliphatic heterocycles. The number of rotatable bonds is 7. The Balaban J connectivity index is 1.77.